The first kappa shape index (κ1) is 9.80. The maximum absolute atomic E-state index is 11.3. The predicted molar refractivity (Wildman–Crippen MR) is 44.1 cm³/mol. The van der Waals surface area contributed by atoms with Crippen LogP contribution < -0.4 is 9.84 Å². The van der Waals surface area contributed by atoms with Gasteiger partial charge in [0.05, 0.1) is 12.7 Å². The number of carboxylic acid groups (broad SMARTS) is 1. The lowest BCUT2D eigenvalue weighted by Gasteiger charge is -2.07. The monoisotopic (exact) mass is 194 g/mol. The van der Waals surface area contributed by atoms with Crippen LogP contribution in [-0.2, 0) is 0 Å². The van der Waals surface area contributed by atoms with Crippen LogP contribution in [0.2, 0.25) is 0 Å². The van der Waals surface area contributed by atoms with Crippen LogP contribution in [-0.4, -0.2) is 18.2 Å². The van der Waals surface area contributed by atoms with Gasteiger partial charge in [-0.1, -0.05) is 0 Å². The van der Waals surface area contributed by atoms with E-state index in [-0.39, 0.29) is 5.75 Å². The molecule has 0 spiro atoms. The van der Waals surface area contributed by atoms with Gasteiger partial charge >= 0.3 is 11.7 Å². The van der Waals surface area contributed by atoms with Gasteiger partial charge in [0.15, 0.2) is 4.98 Å². The van der Waals surface area contributed by atoms with Crippen LogP contribution in [0.5, 0.6) is 11.5 Å². The summed E-state index contributed by atoms with van der Waals surface area (Å²) in [6.45, 7) is 0. The number of aromatic carboxylic acids is 1. The number of diazo groups is 1. The van der Waals surface area contributed by atoms with Crippen molar-refractivity contribution in [2.45, 2.75) is 0 Å². The molecule has 0 aliphatic heterocycles. The van der Waals surface area contributed by atoms with Gasteiger partial charge in [-0.3, -0.25) is 0 Å². The summed E-state index contributed by atoms with van der Waals surface area (Å²) in [5.74, 6) is -2.22. The van der Waals surface area contributed by atoms with Gasteiger partial charge in [0, 0.05) is 5.75 Å². The second kappa shape index (κ2) is 3.62. The minimum absolute atomic E-state index is 0.0301. The van der Waals surface area contributed by atoms with E-state index in [2.05, 4.69) is 4.98 Å². The first-order chi connectivity index (χ1) is 6.61. The molecule has 1 rings (SSSR count). The molecular formula is C8H6N2O4. The molecule has 0 atom stereocenters. The summed E-state index contributed by atoms with van der Waals surface area (Å²) in [5.41, 5.74) is -0.869. The van der Waals surface area contributed by atoms with E-state index < -0.39 is 23.0 Å². The summed E-state index contributed by atoms with van der Waals surface area (Å²) in [6, 6.07) is 2.35. The van der Waals surface area contributed by atoms with Crippen LogP contribution in [0.1, 0.15) is 10.4 Å². The van der Waals surface area contributed by atoms with E-state index >= 15 is 0 Å². The third-order valence-corrected chi connectivity index (χ3v) is 1.64. The summed E-state index contributed by atoms with van der Waals surface area (Å²) >= 11 is 0. The molecule has 0 aliphatic carbocycles. The number of methoxy groups -OCH3 is 1. The number of rotatable bonds is 2. The van der Waals surface area contributed by atoms with Crippen molar-refractivity contribution in [3.05, 3.63) is 22.7 Å². The van der Waals surface area contributed by atoms with Crippen molar-refractivity contribution in [2.24, 2.45) is 0 Å². The Morgan fingerprint density at radius 1 is 1.64 bits per heavy atom. The Balaban J connectivity index is 3.44. The normalized spacial score (nSPS) is 9.14. The van der Waals surface area contributed by atoms with E-state index in [1.807, 2.05) is 0 Å². The van der Waals surface area contributed by atoms with Crippen LogP contribution in [0.25, 0.3) is 4.98 Å². The molecule has 1 aromatic rings. The number of benzene rings is 1. The quantitative estimate of drug-likeness (QED) is 0.706. The average molecular weight is 194 g/mol. The molecule has 6 nitrogen and oxygen atoms in total. The zero-order valence-electron chi connectivity index (χ0n) is 7.22. The van der Waals surface area contributed by atoms with Gasteiger partial charge in [-0.25, -0.2) is 4.79 Å². The smallest absolute Gasteiger partial charge is 0.419 e. The van der Waals surface area contributed by atoms with E-state index in [1.165, 1.54) is 13.2 Å². The fraction of sp³-hybridized carbons (Fsp3) is 0.125. The highest BCUT2D eigenvalue weighted by molar-refractivity contribution is 5.94. The first-order valence-corrected chi connectivity index (χ1v) is 3.58. The zero-order chi connectivity index (χ0) is 10.7. The standard InChI is InChI=1S/C8H6N2O4/c1-14-5-3-2-4(8(12)13)7(11)6(5)10-9/h2-3H,1H3,(H-,11,12,13). The molecule has 0 saturated heterocycles. The van der Waals surface area contributed by atoms with Crippen molar-refractivity contribution < 1.29 is 19.7 Å². The second-order valence-corrected chi connectivity index (χ2v) is 2.40. The van der Waals surface area contributed by atoms with Crippen LogP contribution in [0.15, 0.2) is 12.1 Å². The number of hydrogen-bond acceptors (Lipinski definition) is 4. The summed E-state index contributed by atoms with van der Waals surface area (Å²) in [4.78, 5) is 13.2. The van der Waals surface area contributed by atoms with Crippen molar-refractivity contribution in [3.63, 3.8) is 0 Å². The number of hydrogen-bond donors (Lipinski definition) is 1. The van der Waals surface area contributed by atoms with Crippen LogP contribution in [0.4, 0.5) is 5.69 Å². The Bertz CT molecular complexity index is 422. The molecule has 6 heteroatoms. The van der Waals surface area contributed by atoms with Gasteiger partial charge in [-0.2, -0.15) is 0 Å². The highest BCUT2D eigenvalue weighted by Gasteiger charge is 2.20. The van der Waals surface area contributed by atoms with Gasteiger partial charge in [-0.05, 0) is 12.1 Å². The van der Waals surface area contributed by atoms with E-state index in [1.54, 1.807) is 0 Å². The van der Waals surface area contributed by atoms with Gasteiger partial charge in [0.25, 0.3) is 0 Å². The van der Waals surface area contributed by atoms with Crippen LogP contribution in [0.3, 0.4) is 0 Å². The lowest BCUT2D eigenvalue weighted by Crippen LogP contribution is -2.04. The molecule has 72 valence electrons. The summed E-state index contributed by atoms with van der Waals surface area (Å²) < 4.78 is 4.71. The maximum Gasteiger partial charge on any atom is 0.419 e. The number of carboxylic acids is 1. The van der Waals surface area contributed by atoms with Crippen LogP contribution >= 0.6 is 0 Å². The summed E-state index contributed by atoms with van der Waals surface area (Å²) in [6.07, 6.45) is 0. The summed E-state index contributed by atoms with van der Waals surface area (Å²) in [5, 5.41) is 28.4. The minimum atomic E-state index is -1.37. The van der Waals surface area contributed by atoms with Crippen molar-refractivity contribution in [3.8, 4) is 11.5 Å². The highest BCUT2D eigenvalue weighted by atomic mass is 16.5. The molecule has 0 aliphatic rings. The maximum atomic E-state index is 11.3. The summed E-state index contributed by atoms with van der Waals surface area (Å²) in [7, 11) is 1.28. The molecule has 0 aromatic heterocycles. The Kier molecular flexibility index (Phi) is 2.53. The molecule has 0 amide bonds. The Morgan fingerprint density at radius 3 is 2.71 bits per heavy atom. The Labute approximate surface area is 79.0 Å². The van der Waals surface area contributed by atoms with Gasteiger partial charge in [0.2, 0.25) is 11.1 Å². The fourth-order valence-corrected chi connectivity index (χ4v) is 0.981. The van der Waals surface area contributed by atoms with Gasteiger partial charge < -0.3 is 14.9 Å². The first-order valence-electron chi connectivity index (χ1n) is 3.58. The molecule has 0 unspecified atom stereocenters. The molecule has 0 bridgehead atoms. The molecule has 0 fully saturated rings. The Morgan fingerprint density at radius 2 is 2.29 bits per heavy atom. The molecule has 0 radical (unpaired) electrons. The van der Waals surface area contributed by atoms with E-state index in [9.17, 15) is 9.90 Å². The van der Waals surface area contributed by atoms with E-state index in [4.69, 9.17) is 15.2 Å². The molecule has 1 aromatic carbocycles. The number of nitrogens with zero attached hydrogens (tertiary/aromatic N) is 2. The van der Waals surface area contributed by atoms with E-state index in [0.29, 0.717) is 0 Å². The molecule has 0 heterocycles. The molecule has 14 heavy (non-hydrogen) atoms. The van der Waals surface area contributed by atoms with Crippen molar-refractivity contribution in [1.29, 1.82) is 5.39 Å². The second-order valence-electron chi connectivity index (χ2n) is 2.40. The third-order valence-electron chi connectivity index (χ3n) is 1.64. The molecule has 1 N–H and O–H groups in total. The Hall–Kier alpha value is -2.29. The molecule has 0 saturated carbocycles. The van der Waals surface area contributed by atoms with Crippen molar-refractivity contribution in [2.75, 3.05) is 7.11 Å². The molecular weight excluding hydrogens is 188 g/mol. The number of carbonyl (C=O) groups is 1. The predicted octanol–water partition coefficient (Wildman–Crippen LogP) is 0.952. The van der Waals surface area contributed by atoms with Crippen LogP contribution in [0, 0.1) is 5.39 Å². The zero-order valence-corrected chi connectivity index (χ0v) is 7.22. The lowest BCUT2D eigenvalue weighted by atomic mass is 10.1. The minimum Gasteiger partial charge on any atom is -0.866 e. The third kappa shape index (κ3) is 1.43. The van der Waals surface area contributed by atoms with Crippen molar-refractivity contribution >= 4 is 11.7 Å². The SMILES string of the molecule is COc1ccc(C(=O)O)c([O-])c1[N+]#N. The largest absolute Gasteiger partial charge is 0.866 e. The lowest BCUT2D eigenvalue weighted by molar-refractivity contribution is -0.267. The topological polar surface area (TPSA) is 97.7 Å². The van der Waals surface area contributed by atoms with Gasteiger partial charge in [0.1, 0.15) is 0 Å². The van der Waals surface area contributed by atoms with Gasteiger partial charge in [-0.15, -0.1) is 0 Å². The highest BCUT2D eigenvalue weighted by Crippen LogP contribution is 2.37. The van der Waals surface area contributed by atoms with Crippen molar-refractivity contribution in [1.82, 2.24) is 0 Å². The fourth-order valence-electron chi connectivity index (χ4n) is 0.981. The number of ether oxygens (including phenoxy) is 1. The van der Waals surface area contributed by atoms with E-state index in [0.717, 1.165) is 6.07 Å². The average Bonchev–Trinajstić information content (AvgIpc) is 2.16.